The summed E-state index contributed by atoms with van der Waals surface area (Å²) >= 11 is 0. The summed E-state index contributed by atoms with van der Waals surface area (Å²) < 4.78 is 0. The first-order valence-electron chi connectivity index (χ1n) is 24.3. The van der Waals surface area contributed by atoms with Crippen LogP contribution in [0.3, 0.4) is 0 Å². The second kappa shape index (κ2) is 18.0. The average molecular weight is 894 g/mol. The molecule has 332 valence electrons. The highest BCUT2D eigenvalue weighted by Gasteiger charge is 2.18. The third-order valence-electron chi connectivity index (χ3n) is 14.3. The van der Waals surface area contributed by atoms with Crippen molar-refractivity contribution in [2.24, 2.45) is 0 Å². The molecule has 0 amide bonds. The van der Waals surface area contributed by atoms with E-state index < -0.39 is 0 Å². The van der Waals surface area contributed by atoms with Gasteiger partial charge in [0.25, 0.3) is 0 Å². The van der Waals surface area contributed by atoms with Gasteiger partial charge >= 0.3 is 0 Å². The molecule has 12 aromatic carbocycles. The summed E-state index contributed by atoms with van der Waals surface area (Å²) in [4.78, 5) is 2.39. The van der Waals surface area contributed by atoms with Crippen molar-refractivity contribution in [3.8, 4) is 66.8 Å². The van der Waals surface area contributed by atoms with Crippen LogP contribution in [0.15, 0.2) is 255 Å². The molecule has 0 saturated carbocycles. The third-order valence-corrected chi connectivity index (χ3v) is 14.3. The van der Waals surface area contributed by atoms with Gasteiger partial charge in [0.2, 0.25) is 0 Å². The summed E-state index contributed by atoms with van der Waals surface area (Å²) in [5, 5.41) is 7.68. The van der Waals surface area contributed by atoms with Crippen LogP contribution in [0.2, 0.25) is 0 Å². The molecule has 0 N–H and O–H groups in total. The Labute approximate surface area is 411 Å². The van der Waals surface area contributed by atoms with E-state index in [1.54, 1.807) is 0 Å². The maximum absolute atomic E-state index is 2.39. The molecule has 0 saturated heterocycles. The van der Waals surface area contributed by atoms with E-state index in [1.165, 1.54) is 116 Å². The minimum atomic E-state index is 1.09. The summed E-state index contributed by atoms with van der Waals surface area (Å²) in [5.41, 5.74) is 21.8. The lowest BCUT2D eigenvalue weighted by molar-refractivity contribution is 1.28. The lowest BCUT2D eigenvalue weighted by Gasteiger charge is -2.26. The summed E-state index contributed by atoms with van der Waals surface area (Å²) in [7, 11) is 0. The zero-order valence-corrected chi connectivity index (χ0v) is 39.7. The summed E-state index contributed by atoms with van der Waals surface area (Å²) in [6.45, 7) is 6.67. The van der Waals surface area contributed by atoms with Crippen LogP contribution in [0.1, 0.15) is 16.7 Å². The second-order valence-electron chi connectivity index (χ2n) is 18.5. The monoisotopic (exact) mass is 893 g/mol. The van der Waals surface area contributed by atoms with E-state index in [9.17, 15) is 0 Å². The van der Waals surface area contributed by atoms with E-state index in [2.05, 4.69) is 280 Å². The van der Waals surface area contributed by atoms with Gasteiger partial charge in [0, 0.05) is 17.1 Å². The first-order chi connectivity index (χ1) is 34.5. The lowest BCUT2D eigenvalue weighted by Crippen LogP contribution is -2.09. The normalized spacial score (nSPS) is 11.4. The SMILES string of the molecule is Cc1ccc(-c2ccc(N(c3ccc(-c4ccc(C)c5c(-c6ccccc6)cccc45)cc3)c3ccc(-c4ccc(C)c5c(-c6ccccc6)cccc45)cc3)cc2)c2cccc(-c3ccccc3)c12. The van der Waals surface area contributed by atoms with Crippen molar-refractivity contribution < 1.29 is 0 Å². The standard InChI is InChI=1S/C69H51N/c1-46-28-43-58(64-25-13-22-61(67(46)64)49-16-7-4-8-17-49)52-31-37-55(38-32-52)70(56-39-33-53(34-40-56)59-44-29-47(2)68-62(23-14-26-65(59)68)50-18-9-5-10-19-50)57-41-35-54(36-42-57)60-45-30-48(3)69-63(24-15-27-66(60)69)51-20-11-6-12-21-51/h4-45H,1-3H3. The molecule has 1 nitrogen and oxygen atoms in total. The molecule has 0 atom stereocenters. The quantitative estimate of drug-likeness (QED) is 0.140. The fourth-order valence-electron chi connectivity index (χ4n) is 10.9. The fraction of sp³-hybridized carbons (Fsp3) is 0.0435. The minimum absolute atomic E-state index is 1.09. The molecule has 12 aromatic rings. The molecule has 0 fully saturated rings. The molecular weight excluding hydrogens is 843 g/mol. The van der Waals surface area contributed by atoms with Gasteiger partial charge in [0.1, 0.15) is 0 Å². The maximum atomic E-state index is 2.39. The lowest BCUT2D eigenvalue weighted by atomic mass is 9.90. The van der Waals surface area contributed by atoms with Crippen LogP contribution >= 0.6 is 0 Å². The molecular formula is C69H51N. The number of fused-ring (bicyclic) bond motifs is 3. The number of rotatable bonds is 9. The smallest absolute Gasteiger partial charge is 0.0462 e. The van der Waals surface area contributed by atoms with Crippen LogP contribution in [0.5, 0.6) is 0 Å². The number of benzene rings is 12. The molecule has 0 aliphatic heterocycles. The van der Waals surface area contributed by atoms with Crippen LogP contribution in [-0.4, -0.2) is 0 Å². The van der Waals surface area contributed by atoms with E-state index in [-0.39, 0.29) is 0 Å². The van der Waals surface area contributed by atoms with Crippen molar-refractivity contribution in [1.82, 2.24) is 0 Å². The Balaban J connectivity index is 0.957. The molecule has 0 heterocycles. The van der Waals surface area contributed by atoms with Crippen LogP contribution in [0.4, 0.5) is 17.1 Å². The highest BCUT2D eigenvalue weighted by atomic mass is 15.1. The third kappa shape index (κ3) is 7.63. The van der Waals surface area contributed by atoms with Crippen molar-refractivity contribution in [3.05, 3.63) is 271 Å². The van der Waals surface area contributed by atoms with Crippen LogP contribution in [0.25, 0.3) is 99.1 Å². The second-order valence-corrected chi connectivity index (χ2v) is 18.5. The molecule has 1 heteroatoms. The van der Waals surface area contributed by atoms with Gasteiger partial charge in [-0.05, 0) is 173 Å². The number of hydrogen-bond donors (Lipinski definition) is 0. The molecule has 0 aliphatic carbocycles. The van der Waals surface area contributed by atoms with Crippen molar-refractivity contribution in [3.63, 3.8) is 0 Å². The Morgan fingerprint density at radius 2 is 0.457 bits per heavy atom. The molecule has 0 bridgehead atoms. The van der Waals surface area contributed by atoms with E-state index in [1.807, 2.05) is 0 Å². The van der Waals surface area contributed by atoms with Gasteiger partial charge in [-0.25, -0.2) is 0 Å². The van der Waals surface area contributed by atoms with E-state index >= 15 is 0 Å². The Kier molecular flexibility index (Phi) is 11.0. The zero-order chi connectivity index (χ0) is 47.1. The predicted octanol–water partition coefficient (Wildman–Crippen LogP) is 19.5. The Morgan fingerprint density at radius 3 is 0.729 bits per heavy atom. The predicted molar refractivity (Wildman–Crippen MR) is 300 cm³/mol. The molecule has 12 rings (SSSR count). The average Bonchev–Trinajstić information content (AvgIpc) is 3.42. The maximum Gasteiger partial charge on any atom is 0.0462 e. The molecule has 0 spiro atoms. The summed E-state index contributed by atoms with van der Waals surface area (Å²) in [6, 6.07) is 93.4. The molecule has 0 aromatic heterocycles. The first-order valence-corrected chi connectivity index (χ1v) is 24.3. The highest BCUT2D eigenvalue weighted by molar-refractivity contribution is 6.09. The Morgan fingerprint density at radius 1 is 0.200 bits per heavy atom. The number of anilines is 3. The van der Waals surface area contributed by atoms with Gasteiger partial charge in [-0.2, -0.15) is 0 Å². The fourth-order valence-corrected chi connectivity index (χ4v) is 10.9. The van der Waals surface area contributed by atoms with E-state index in [0.717, 1.165) is 17.1 Å². The first kappa shape index (κ1) is 42.6. The molecule has 0 unspecified atom stereocenters. The van der Waals surface area contributed by atoms with E-state index in [4.69, 9.17) is 0 Å². The largest absolute Gasteiger partial charge is 0.311 e. The molecule has 70 heavy (non-hydrogen) atoms. The van der Waals surface area contributed by atoms with E-state index in [0.29, 0.717) is 0 Å². The highest BCUT2D eigenvalue weighted by Crippen LogP contribution is 2.43. The van der Waals surface area contributed by atoms with Gasteiger partial charge < -0.3 is 4.90 Å². The zero-order valence-electron chi connectivity index (χ0n) is 39.7. The van der Waals surface area contributed by atoms with Crippen LogP contribution < -0.4 is 4.90 Å². The van der Waals surface area contributed by atoms with Gasteiger partial charge in [-0.15, -0.1) is 0 Å². The summed E-state index contributed by atoms with van der Waals surface area (Å²) in [6.07, 6.45) is 0. The van der Waals surface area contributed by atoms with Gasteiger partial charge in [0.05, 0.1) is 0 Å². The topological polar surface area (TPSA) is 3.24 Å². The van der Waals surface area contributed by atoms with Crippen molar-refractivity contribution in [1.29, 1.82) is 0 Å². The number of nitrogens with zero attached hydrogens (tertiary/aromatic N) is 1. The van der Waals surface area contributed by atoms with Gasteiger partial charge in [0.15, 0.2) is 0 Å². The Hall–Kier alpha value is -8.78. The van der Waals surface area contributed by atoms with Crippen molar-refractivity contribution >= 4 is 49.4 Å². The van der Waals surface area contributed by atoms with Crippen LogP contribution in [0, 0.1) is 20.8 Å². The Bertz CT molecular complexity index is 3440. The molecule has 0 radical (unpaired) electrons. The number of hydrogen-bond acceptors (Lipinski definition) is 1. The van der Waals surface area contributed by atoms with Crippen molar-refractivity contribution in [2.75, 3.05) is 4.90 Å². The van der Waals surface area contributed by atoms with Gasteiger partial charge in [-0.3, -0.25) is 0 Å². The number of aryl methyl sites for hydroxylation is 3. The van der Waals surface area contributed by atoms with Crippen LogP contribution in [-0.2, 0) is 0 Å². The van der Waals surface area contributed by atoms with Gasteiger partial charge in [-0.1, -0.05) is 218 Å². The summed E-state index contributed by atoms with van der Waals surface area (Å²) in [5.74, 6) is 0. The minimum Gasteiger partial charge on any atom is -0.311 e. The molecule has 0 aliphatic rings. The van der Waals surface area contributed by atoms with Crippen molar-refractivity contribution in [2.45, 2.75) is 20.8 Å².